The van der Waals surface area contributed by atoms with E-state index < -0.39 is 18.1 Å². The minimum atomic E-state index is -3.68. The summed E-state index contributed by atoms with van der Waals surface area (Å²) < 4.78 is 34.3. The zero-order valence-corrected chi connectivity index (χ0v) is 9.48. The molecule has 0 unspecified atom stereocenters. The third-order valence-electron chi connectivity index (χ3n) is 2.70. The molecule has 1 N–H and O–H groups in total. The van der Waals surface area contributed by atoms with Gasteiger partial charge in [-0.3, -0.25) is 14.9 Å². The average Bonchev–Trinajstić information content (AvgIpc) is 2.60. The first-order valence-corrected chi connectivity index (χ1v) is 5.40. The van der Waals surface area contributed by atoms with Crippen molar-refractivity contribution >= 4 is 17.5 Å². The van der Waals surface area contributed by atoms with E-state index in [0.717, 1.165) is 0 Å². The van der Waals surface area contributed by atoms with Crippen molar-refractivity contribution in [2.75, 3.05) is 18.0 Å². The standard InChI is InChI=1S/C11H8F2N2O4/c12-11(13)18-7-2-1-6(3-8(7)19-11)15-4-9(16)14-10(17)5-15/h1-3H,4-5H2,(H,14,16,17). The molecule has 6 nitrogen and oxygen atoms in total. The van der Waals surface area contributed by atoms with Gasteiger partial charge in [0.25, 0.3) is 0 Å². The smallest absolute Gasteiger partial charge is 0.395 e. The molecule has 0 aromatic heterocycles. The van der Waals surface area contributed by atoms with Crippen molar-refractivity contribution in [1.82, 2.24) is 5.32 Å². The number of nitrogens with one attached hydrogen (secondary N) is 1. The van der Waals surface area contributed by atoms with Gasteiger partial charge in [-0.05, 0) is 12.1 Å². The van der Waals surface area contributed by atoms with E-state index in [1.807, 2.05) is 0 Å². The van der Waals surface area contributed by atoms with Gasteiger partial charge in [0.15, 0.2) is 11.5 Å². The van der Waals surface area contributed by atoms with E-state index in [9.17, 15) is 18.4 Å². The fourth-order valence-electron chi connectivity index (χ4n) is 1.95. The number of alkyl halides is 2. The van der Waals surface area contributed by atoms with Crippen LogP contribution >= 0.6 is 0 Å². The van der Waals surface area contributed by atoms with E-state index in [1.54, 1.807) is 0 Å². The molecule has 2 amide bonds. The Balaban J connectivity index is 1.88. The molecule has 8 heteroatoms. The van der Waals surface area contributed by atoms with Crippen LogP contribution in [0.1, 0.15) is 0 Å². The monoisotopic (exact) mass is 270 g/mol. The largest absolute Gasteiger partial charge is 0.586 e. The number of amides is 2. The molecule has 1 saturated heterocycles. The van der Waals surface area contributed by atoms with Gasteiger partial charge in [0.1, 0.15) is 0 Å². The molecule has 0 spiro atoms. The summed E-state index contributed by atoms with van der Waals surface area (Å²) in [6, 6.07) is 4.10. The third-order valence-corrected chi connectivity index (χ3v) is 2.70. The minimum Gasteiger partial charge on any atom is -0.395 e. The summed E-state index contributed by atoms with van der Waals surface area (Å²) in [5.41, 5.74) is 0.434. The molecular weight excluding hydrogens is 262 g/mol. The Morgan fingerprint density at radius 1 is 1.11 bits per heavy atom. The van der Waals surface area contributed by atoms with Crippen LogP contribution in [0, 0.1) is 0 Å². The first-order valence-electron chi connectivity index (χ1n) is 5.40. The van der Waals surface area contributed by atoms with Gasteiger partial charge in [0, 0.05) is 11.8 Å². The van der Waals surface area contributed by atoms with Crippen LogP contribution in [0.25, 0.3) is 0 Å². The molecule has 0 saturated carbocycles. The number of carbonyl (C=O) groups is 2. The molecule has 2 heterocycles. The molecule has 1 aromatic rings. The number of rotatable bonds is 1. The Morgan fingerprint density at radius 3 is 2.42 bits per heavy atom. The molecule has 1 fully saturated rings. The number of imide groups is 1. The molecule has 2 aliphatic heterocycles. The lowest BCUT2D eigenvalue weighted by Crippen LogP contribution is -2.51. The Morgan fingerprint density at radius 2 is 1.74 bits per heavy atom. The van der Waals surface area contributed by atoms with Crippen molar-refractivity contribution in [2.45, 2.75) is 6.29 Å². The van der Waals surface area contributed by atoms with Gasteiger partial charge >= 0.3 is 6.29 Å². The molecule has 0 atom stereocenters. The topological polar surface area (TPSA) is 67.9 Å². The Labute approximate surface area is 105 Å². The first-order chi connectivity index (χ1) is 8.93. The molecule has 19 heavy (non-hydrogen) atoms. The van der Waals surface area contributed by atoms with Crippen LogP contribution in [-0.4, -0.2) is 31.2 Å². The van der Waals surface area contributed by atoms with Gasteiger partial charge in [-0.25, -0.2) is 0 Å². The Kier molecular flexibility index (Phi) is 2.34. The van der Waals surface area contributed by atoms with Gasteiger partial charge in [0.05, 0.1) is 13.1 Å². The maximum Gasteiger partial charge on any atom is 0.586 e. The van der Waals surface area contributed by atoms with Crippen molar-refractivity contribution in [3.05, 3.63) is 18.2 Å². The minimum absolute atomic E-state index is 0.0260. The lowest BCUT2D eigenvalue weighted by Gasteiger charge is -2.27. The number of halogens is 2. The molecular formula is C11H8F2N2O4. The summed E-state index contributed by atoms with van der Waals surface area (Å²) in [6.07, 6.45) is -3.68. The van der Waals surface area contributed by atoms with Gasteiger partial charge in [-0.2, -0.15) is 0 Å². The molecule has 3 rings (SSSR count). The number of fused-ring (bicyclic) bond motifs is 1. The summed E-state index contributed by atoms with van der Waals surface area (Å²) in [7, 11) is 0. The number of anilines is 1. The van der Waals surface area contributed by atoms with E-state index in [2.05, 4.69) is 14.8 Å². The zero-order valence-electron chi connectivity index (χ0n) is 9.48. The molecule has 0 bridgehead atoms. The highest BCUT2D eigenvalue weighted by atomic mass is 19.3. The van der Waals surface area contributed by atoms with Crippen LogP contribution in [0.2, 0.25) is 0 Å². The number of carbonyl (C=O) groups excluding carboxylic acids is 2. The van der Waals surface area contributed by atoms with Gasteiger partial charge in [-0.1, -0.05) is 0 Å². The van der Waals surface area contributed by atoms with E-state index in [-0.39, 0.29) is 24.6 Å². The van der Waals surface area contributed by atoms with E-state index >= 15 is 0 Å². The van der Waals surface area contributed by atoms with Crippen molar-refractivity contribution in [3.63, 3.8) is 0 Å². The number of ether oxygens (including phenoxy) is 2. The summed E-state index contributed by atoms with van der Waals surface area (Å²) in [6.45, 7) is -0.0520. The summed E-state index contributed by atoms with van der Waals surface area (Å²) in [5, 5.41) is 2.15. The third kappa shape index (κ3) is 2.16. The predicted octanol–water partition coefficient (Wildman–Crippen LogP) is 0.471. The highest BCUT2D eigenvalue weighted by Gasteiger charge is 2.43. The van der Waals surface area contributed by atoms with Crippen LogP contribution in [0.15, 0.2) is 18.2 Å². The maximum absolute atomic E-state index is 12.9. The molecule has 1 aromatic carbocycles. The lowest BCUT2D eigenvalue weighted by molar-refractivity contribution is -0.286. The van der Waals surface area contributed by atoms with Crippen LogP contribution < -0.4 is 19.7 Å². The van der Waals surface area contributed by atoms with Crippen molar-refractivity contribution in [3.8, 4) is 11.5 Å². The van der Waals surface area contributed by atoms with Crippen LogP contribution in [0.3, 0.4) is 0 Å². The van der Waals surface area contributed by atoms with Crippen molar-refractivity contribution in [1.29, 1.82) is 0 Å². The van der Waals surface area contributed by atoms with E-state index in [4.69, 9.17) is 0 Å². The van der Waals surface area contributed by atoms with Gasteiger partial charge < -0.3 is 14.4 Å². The normalized spacial score (nSPS) is 20.4. The number of nitrogens with zero attached hydrogens (tertiary/aromatic N) is 1. The fraction of sp³-hybridized carbons (Fsp3) is 0.273. The molecule has 0 aliphatic carbocycles. The summed E-state index contributed by atoms with van der Waals surface area (Å²) in [4.78, 5) is 23.9. The van der Waals surface area contributed by atoms with Gasteiger partial charge in [-0.15, -0.1) is 8.78 Å². The quantitative estimate of drug-likeness (QED) is 0.751. The molecule has 100 valence electrons. The van der Waals surface area contributed by atoms with E-state index in [1.165, 1.54) is 23.1 Å². The second-order valence-corrected chi connectivity index (χ2v) is 4.13. The van der Waals surface area contributed by atoms with Gasteiger partial charge in [0.2, 0.25) is 11.8 Å². The Bertz CT molecular complexity index is 560. The maximum atomic E-state index is 12.9. The predicted molar refractivity (Wildman–Crippen MR) is 58.0 cm³/mol. The van der Waals surface area contributed by atoms with E-state index in [0.29, 0.717) is 5.69 Å². The number of benzene rings is 1. The molecule has 0 radical (unpaired) electrons. The second kappa shape index (κ2) is 3.81. The van der Waals surface area contributed by atoms with Crippen LogP contribution in [0.5, 0.6) is 11.5 Å². The highest BCUT2D eigenvalue weighted by Crippen LogP contribution is 2.42. The van der Waals surface area contributed by atoms with Crippen LogP contribution in [0.4, 0.5) is 14.5 Å². The number of hydrogen-bond acceptors (Lipinski definition) is 5. The van der Waals surface area contributed by atoms with Crippen molar-refractivity contribution < 1.29 is 27.8 Å². The first kappa shape index (κ1) is 11.7. The zero-order chi connectivity index (χ0) is 13.6. The van der Waals surface area contributed by atoms with Crippen molar-refractivity contribution in [2.24, 2.45) is 0 Å². The number of hydrogen-bond donors (Lipinski definition) is 1. The SMILES string of the molecule is O=C1CN(c2ccc3c(c2)OC(F)(F)O3)CC(=O)N1. The molecule has 2 aliphatic rings. The second-order valence-electron chi connectivity index (χ2n) is 4.13. The lowest BCUT2D eigenvalue weighted by atomic mass is 10.2. The number of piperazine rings is 1. The summed E-state index contributed by atoms with van der Waals surface area (Å²) in [5.74, 6) is -1.10. The Hall–Kier alpha value is -2.38. The fourth-order valence-corrected chi connectivity index (χ4v) is 1.95. The summed E-state index contributed by atoms with van der Waals surface area (Å²) >= 11 is 0. The van der Waals surface area contributed by atoms with Crippen LogP contribution in [-0.2, 0) is 9.59 Å². The average molecular weight is 270 g/mol. The highest BCUT2D eigenvalue weighted by molar-refractivity contribution is 6.02.